The van der Waals surface area contributed by atoms with E-state index in [4.69, 9.17) is 4.74 Å². The highest BCUT2D eigenvalue weighted by molar-refractivity contribution is 7.90. The molecule has 30 heavy (non-hydrogen) atoms. The summed E-state index contributed by atoms with van der Waals surface area (Å²) in [6.07, 6.45) is 3.07. The largest absolute Gasteiger partial charge is 0.451 e. The maximum Gasteiger partial charge on any atom is 0.198 e. The lowest BCUT2D eigenvalue weighted by Crippen LogP contribution is -2.36. The van der Waals surface area contributed by atoms with Crippen molar-refractivity contribution >= 4 is 27.7 Å². The van der Waals surface area contributed by atoms with E-state index in [1.165, 1.54) is 0 Å². The molecule has 0 atom stereocenters. The molecular weight excluding hydrogens is 412 g/mol. The zero-order valence-corrected chi connectivity index (χ0v) is 17.3. The summed E-state index contributed by atoms with van der Waals surface area (Å²) < 4.78 is 58.9. The highest BCUT2D eigenvalue weighted by Gasteiger charge is 2.24. The Morgan fingerprint density at radius 2 is 2.03 bits per heavy atom. The fraction of sp³-hybridized carbons (Fsp3) is 0.333. The van der Waals surface area contributed by atoms with E-state index >= 15 is 0 Å². The predicted octanol–water partition coefficient (Wildman–Crippen LogP) is 4.21. The van der Waals surface area contributed by atoms with Crippen molar-refractivity contribution in [2.24, 2.45) is 9.98 Å². The molecule has 0 fully saturated rings. The van der Waals surface area contributed by atoms with Crippen LogP contribution >= 0.6 is 0 Å². The zero-order valence-electron chi connectivity index (χ0n) is 16.4. The van der Waals surface area contributed by atoms with E-state index in [1.54, 1.807) is 31.5 Å². The molecule has 0 saturated heterocycles. The first-order chi connectivity index (χ1) is 14.4. The predicted molar refractivity (Wildman–Crippen MR) is 112 cm³/mol. The molecule has 2 aliphatic rings. The van der Waals surface area contributed by atoms with Gasteiger partial charge in [-0.1, -0.05) is 13.0 Å². The van der Waals surface area contributed by atoms with Crippen LogP contribution in [0.3, 0.4) is 0 Å². The van der Waals surface area contributed by atoms with Crippen LogP contribution in [0.1, 0.15) is 30.9 Å². The Bertz CT molecular complexity index is 1150. The SMILES string of the molecule is CCCS(=O)(=O)Cc1ccc(F)c(Oc2ccc3c(c2)C2=NCCCN2C=N3)c1F. The molecule has 0 radical (unpaired) electrons. The summed E-state index contributed by atoms with van der Waals surface area (Å²) in [7, 11) is -3.49. The van der Waals surface area contributed by atoms with Crippen molar-refractivity contribution in [2.45, 2.75) is 25.5 Å². The third-order valence-corrected chi connectivity index (χ3v) is 6.66. The van der Waals surface area contributed by atoms with Gasteiger partial charge >= 0.3 is 0 Å². The Kier molecular flexibility index (Phi) is 5.55. The van der Waals surface area contributed by atoms with Crippen molar-refractivity contribution in [1.29, 1.82) is 0 Å². The molecular formula is C21H21F2N3O3S. The van der Waals surface area contributed by atoms with E-state index in [0.717, 1.165) is 36.5 Å². The van der Waals surface area contributed by atoms with Gasteiger partial charge in [-0.3, -0.25) is 4.99 Å². The molecule has 0 spiro atoms. The standard InChI is InChI=1S/C21H21F2N3O3S/c1-2-10-30(27,28)12-14-4-6-17(22)20(19(14)23)29-15-5-7-18-16(11-15)21-24-8-3-9-26(21)13-25-18/h4-7,11,13H,2-3,8-10,12H2,1H3. The molecule has 2 aliphatic heterocycles. The number of benzene rings is 2. The van der Waals surface area contributed by atoms with Gasteiger partial charge in [0.1, 0.15) is 11.6 Å². The molecule has 6 nitrogen and oxygen atoms in total. The van der Waals surface area contributed by atoms with Gasteiger partial charge in [0.15, 0.2) is 27.2 Å². The first kappa shape index (κ1) is 20.5. The lowest BCUT2D eigenvalue weighted by Gasteiger charge is -2.29. The first-order valence-electron chi connectivity index (χ1n) is 9.73. The Balaban J connectivity index is 1.66. The summed E-state index contributed by atoms with van der Waals surface area (Å²) in [4.78, 5) is 10.8. The molecule has 0 unspecified atom stereocenters. The molecule has 0 N–H and O–H groups in total. The number of amidine groups is 1. The van der Waals surface area contributed by atoms with E-state index in [2.05, 4.69) is 9.98 Å². The molecule has 4 rings (SSSR count). The molecule has 0 aromatic heterocycles. The highest BCUT2D eigenvalue weighted by atomic mass is 32.2. The third-order valence-electron chi connectivity index (χ3n) is 4.88. The second-order valence-corrected chi connectivity index (χ2v) is 9.40. The summed E-state index contributed by atoms with van der Waals surface area (Å²) in [5, 5.41) is 0. The van der Waals surface area contributed by atoms with Gasteiger partial charge in [-0.2, -0.15) is 0 Å². The van der Waals surface area contributed by atoms with Crippen molar-refractivity contribution < 1.29 is 21.9 Å². The smallest absolute Gasteiger partial charge is 0.198 e. The van der Waals surface area contributed by atoms with E-state index < -0.39 is 33.0 Å². The number of aliphatic imine (C=N–C) groups is 2. The number of rotatable bonds is 6. The van der Waals surface area contributed by atoms with Crippen molar-refractivity contribution in [1.82, 2.24) is 4.90 Å². The van der Waals surface area contributed by atoms with Crippen LogP contribution in [0.25, 0.3) is 0 Å². The summed E-state index contributed by atoms with van der Waals surface area (Å²) >= 11 is 0. The van der Waals surface area contributed by atoms with Crippen LogP contribution in [-0.2, 0) is 15.6 Å². The number of nitrogens with zero attached hydrogens (tertiary/aromatic N) is 3. The average molecular weight is 433 g/mol. The number of ether oxygens (including phenoxy) is 1. The van der Waals surface area contributed by atoms with Crippen molar-refractivity contribution in [3.63, 3.8) is 0 Å². The van der Waals surface area contributed by atoms with Crippen LogP contribution in [0.5, 0.6) is 11.5 Å². The minimum Gasteiger partial charge on any atom is -0.451 e. The first-order valence-corrected chi connectivity index (χ1v) is 11.5. The molecule has 0 bridgehead atoms. The number of halogens is 2. The Morgan fingerprint density at radius 1 is 1.20 bits per heavy atom. The van der Waals surface area contributed by atoms with Crippen LogP contribution in [0.4, 0.5) is 14.5 Å². The summed E-state index contributed by atoms with van der Waals surface area (Å²) in [5.41, 5.74) is 1.29. The molecule has 2 aromatic carbocycles. The maximum atomic E-state index is 14.9. The molecule has 9 heteroatoms. The van der Waals surface area contributed by atoms with E-state index in [-0.39, 0.29) is 17.1 Å². The fourth-order valence-corrected chi connectivity index (χ4v) is 4.96. The Morgan fingerprint density at radius 3 is 2.83 bits per heavy atom. The van der Waals surface area contributed by atoms with Crippen molar-refractivity contribution in [3.8, 4) is 11.5 Å². The quantitative estimate of drug-likeness (QED) is 0.684. The minimum absolute atomic E-state index is 0.0655. The van der Waals surface area contributed by atoms with Gasteiger partial charge in [0.25, 0.3) is 0 Å². The number of hydrogen-bond donors (Lipinski definition) is 0. The van der Waals surface area contributed by atoms with Gasteiger partial charge in [-0.05, 0) is 37.1 Å². The van der Waals surface area contributed by atoms with Crippen LogP contribution in [-0.4, -0.2) is 44.3 Å². The van der Waals surface area contributed by atoms with E-state index in [0.29, 0.717) is 18.7 Å². The van der Waals surface area contributed by atoms with Gasteiger partial charge in [0, 0.05) is 24.2 Å². The molecule has 0 aliphatic carbocycles. The molecule has 2 aromatic rings. The highest BCUT2D eigenvalue weighted by Crippen LogP contribution is 2.34. The Hall–Kier alpha value is -2.81. The lowest BCUT2D eigenvalue weighted by molar-refractivity contribution is 0.405. The fourth-order valence-electron chi connectivity index (χ4n) is 3.49. The Labute approximate surface area is 173 Å². The summed E-state index contributed by atoms with van der Waals surface area (Å²) in [6.45, 7) is 3.22. The maximum absolute atomic E-state index is 14.9. The second kappa shape index (κ2) is 8.14. The number of fused-ring (bicyclic) bond motifs is 3. The van der Waals surface area contributed by atoms with E-state index in [1.807, 2.05) is 4.90 Å². The van der Waals surface area contributed by atoms with Crippen LogP contribution in [0.15, 0.2) is 40.3 Å². The molecule has 2 heterocycles. The lowest BCUT2D eigenvalue weighted by atomic mass is 10.1. The van der Waals surface area contributed by atoms with Crippen LogP contribution < -0.4 is 4.74 Å². The van der Waals surface area contributed by atoms with Gasteiger partial charge in [-0.15, -0.1) is 0 Å². The summed E-state index contributed by atoms with van der Waals surface area (Å²) in [5.74, 6) is -2.15. The average Bonchev–Trinajstić information content (AvgIpc) is 2.73. The van der Waals surface area contributed by atoms with Gasteiger partial charge < -0.3 is 9.64 Å². The van der Waals surface area contributed by atoms with Crippen LogP contribution in [0, 0.1) is 11.6 Å². The summed E-state index contributed by atoms with van der Waals surface area (Å²) in [6, 6.07) is 7.06. The van der Waals surface area contributed by atoms with Gasteiger partial charge in [-0.25, -0.2) is 22.2 Å². The number of hydrogen-bond acceptors (Lipinski definition) is 6. The molecule has 0 saturated carbocycles. The van der Waals surface area contributed by atoms with Gasteiger partial charge in [0.05, 0.1) is 23.5 Å². The monoisotopic (exact) mass is 433 g/mol. The number of sulfone groups is 1. The van der Waals surface area contributed by atoms with Crippen molar-refractivity contribution in [3.05, 3.63) is 53.1 Å². The zero-order chi connectivity index (χ0) is 21.3. The second-order valence-electron chi connectivity index (χ2n) is 7.22. The van der Waals surface area contributed by atoms with Crippen LogP contribution in [0.2, 0.25) is 0 Å². The van der Waals surface area contributed by atoms with Gasteiger partial charge in [0.2, 0.25) is 0 Å². The van der Waals surface area contributed by atoms with E-state index in [9.17, 15) is 17.2 Å². The minimum atomic E-state index is -3.49. The molecule has 158 valence electrons. The topological polar surface area (TPSA) is 71.3 Å². The van der Waals surface area contributed by atoms with Crippen molar-refractivity contribution in [2.75, 3.05) is 18.8 Å². The molecule has 0 amide bonds. The normalized spacial score (nSPS) is 15.4. The third kappa shape index (κ3) is 4.07.